The highest BCUT2D eigenvalue weighted by molar-refractivity contribution is 5.37. The fourth-order valence-corrected chi connectivity index (χ4v) is 3.10. The summed E-state index contributed by atoms with van der Waals surface area (Å²) in [5.41, 5.74) is 8.26. The van der Waals surface area contributed by atoms with Crippen LogP contribution >= 0.6 is 0 Å². The number of nitrogens with zero attached hydrogens (tertiary/aromatic N) is 3. The van der Waals surface area contributed by atoms with E-state index in [-0.39, 0.29) is 0 Å². The number of likely N-dealkylation sites (tertiary alicyclic amines) is 1. The summed E-state index contributed by atoms with van der Waals surface area (Å²) in [6.07, 6.45) is 4.19. The maximum atomic E-state index is 5.99. The predicted octanol–water partition coefficient (Wildman–Crippen LogP) is 2.80. The molecule has 1 aromatic carbocycles. The number of nitrogens with two attached hydrogens (primary N) is 1. The Hall–Kier alpha value is -1.98. The quantitative estimate of drug-likeness (QED) is 0.884. The normalized spacial score (nSPS) is 16.4. The lowest BCUT2D eigenvalue weighted by atomic mass is 9.97. The molecule has 0 spiro atoms. The van der Waals surface area contributed by atoms with Crippen LogP contribution in [0, 0.1) is 12.8 Å². The van der Waals surface area contributed by atoms with Gasteiger partial charge in [-0.3, -0.25) is 4.90 Å². The van der Waals surface area contributed by atoms with E-state index in [9.17, 15) is 0 Å². The van der Waals surface area contributed by atoms with Crippen molar-refractivity contribution >= 4 is 5.82 Å². The molecule has 2 aromatic rings. The van der Waals surface area contributed by atoms with Gasteiger partial charge >= 0.3 is 0 Å². The van der Waals surface area contributed by atoms with E-state index < -0.39 is 0 Å². The van der Waals surface area contributed by atoms with Gasteiger partial charge in [-0.15, -0.1) is 0 Å². The number of hydrogen-bond acceptors (Lipinski definition) is 5. The Kier molecular flexibility index (Phi) is 5.77. The minimum absolute atomic E-state index is 0.607. The molecule has 1 fully saturated rings. The maximum Gasteiger partial charge on any atom is 0.131 e. The largest absolute Gasteiger partial charge is 0.383 e. The van der Waals surface area contributed by atoms with E-state index in [1.807, 2.05) is 19.2 Å². The van der Waals surface area contributed by atoms with Crippen molar-refractivity contribution in [2.45, 2.75) is 32.9 Å². The molecule has 3 rings (SSSR count). The first kappa shape index (κ1) is 16.9. The molecule has 0 unspecified atom stereocenters. The molecule has 24 heavy (non-hydrogen) atoms. The van der Waals surface area contributed by atoms with E-state index >= 15 is 0 Å². The smallest absolute Gasteiger partial charge is 0.131 e. The second-order valence-electron chi connectivity index (χ2n) is 6.55. The molecule has 0 amide bonds. The summed E-state index contributed by atoms with van der Waals surface area (Å²) in [6.45, 7) is 6.40. The van der Waals surface area contributed by atoms with Crippen molar-refractivity contribution in [2.75, 3.05) is 25.4 Å². The van der Waals surface area contributed by atoms with Gasteiger partial charge < -0.3 is 10.5 Å². The van der Waals surface area contributed by atoms with Crippen LogP contribution in [0.3, 0.4) is 0 Å². The monoisotopic (exact) mass is 326 g/mol. The average molecular weight is 326 g/mol. The maximum absolute atomic E-state index is 5.99. The summed E-state index contributed by atoms with van der Waals surface area (Å²) in [5, 5.41) is 0. The highest BCUT2D eigenvalue weighted by Gasteiger charge is 2.20. The summed E-state index contributed by atoms with van der Waals surface area (Å²) < 4.78 is 5.89. The van der Waals surface area contributed by atoms with Gasteiger partial charge in [-0.05, 0) is 44.3 Å². The molecule has 0 bridgehead atoms. The van der Waals surface area contributed by atoms with Crippen molar-refractivity contribution in [2.24, 2.45) is 5.92 Å². The Morgan fingerprint density at radius 1 is 1.21 bits per heavy atom. The summed E-state index contributed by atoms with van der Waals surface area (Å²) in [7, 11) is 0. The molecular formula is C19H26N4O. The highest BCUT2D eigenvalue weighted by Crippen LogP contribution is 2.21. The number of aromatic nitrogens is 2. The van der Waals surface area contributed by atoms with Gasteiger partial charge in [0.25, 0.3) is 0 Å². The van der Waals surface area contributed by atoms with Crippen molar-refractivity contribution in [1.82, 2.24) is 14.9 Å². The van der Waals surface area contributed by atoms with Gasteiger partial charge in [0.15, 0.2) is 0 Å². The van der Waals surface area contributed by atoms with Gasteiger partial charge in [0.1, 0.15) is 11.6 Å². The fraction of sp³-hybridized carbons (Fsp3) is 0.474. The van der Waals surface area contributed by atoms with Crippen LogP contribution in [0.5, 0.6) is 0 Å². The van der Waals surface area contributed by atoms with Crippen LogP contribution in [-0.2, 0) is 17.9 Å². The molecule has 0 radical (unpaired) electrons. The molecule has 5 nitrogen and oxygen atoms in total. The topological polar surface area (TPSA) is 64.3 Å². The number of hydrogen-bond donors (Lipinski definition) is 1. The van der Waals surface area contributed by atoms with E-state index in [1.165, 1.54) is 18.4 Å². The number of benzene rings is 1. The zero-order chi connectivity index (χ0) is 16.8. The summed E-state index contributed by atoms with van der Waals surface area (Å²) in [5.74, 6) is 1.98. The van der Waals surface area contributed by atoms with E-state index in [1.54, 1.807) is 0 Å². The minimum atomic E-state index is 0.607. The Balaban J connectivity index is 1.39. The molecule has 2 N–H and O–H groups in total. The summed E-state index contributed by atoms with van der Waals surface area (Å²) >= 11 is 0. The lowest BCUT2D eigenvalue weighted by Gasteiger charge is -2.31. The Morgan fingerprint density at radius 3 is 2.67 bits per heavy atom. The van der Waals surface area contributed by atoms with Gasteiger partial charge in [-0.1, -0.05) is 30.3 Å². The minimum Gasteiger partial charge on any atom is -0.383 e. The lowest BCUT2D eigenvalue weighted by molar-refractivity contribution is 0.0562. The molecule has 128 valence electrons. The third-order valence-electron chi connectivity index (χ3n) is 4.58. The standard InChI is InChI=1S/C19H26N4O/c1-15-21-11-18(19(20)22-15)12-23-9-7-17(8-10-23)14-24-13-16-5-3-2-4-6-16/h2-6,11,17H,7-10,12-14H2,1H3,(H2,20,21,22). The Morgan fingerprint density at radius 2 is 1.96 bits per heavy atom. The van der Waals surface area contributed by atoms with Crippen molar-refractivity contribution in [3.63, 3.8) is 0 Å². The van der Waals surface area contributed by atoms with Gasteiger partial charge in [-0.25, -0.2) is 9.97 Å². The van der Waals surface area contributed by atoms with Crippen LogP contribution in [-0.4, -0.2) is 34.6 Å². The zero-order valence-corrected chi connectivity index (χ0v) is 14.3. The van der Waals surface area contributed by atoms with Gasteiger partial charge in [0.2, 0.25) is 0 Å². The first-order valence-electron chi connectivity index (χ1n) is 8.62. The average Bonchev–Trinajstić information content (AvgIpc) is 2.60. The van der Waals surface area contributed by atoms with Gasteiger partial charge in [0, 0.05) is 24.9 Å². The SMILES string of the molecule is Cc1ncc(CN2CCC(COCc3ccccc3)CC2)c(N)n1. The molecule has 1 aliphatic heterocycles. The van der Waals surface area contributed by atoms with Crippen LogP contribution in [0.4, 0.5) is 5.82 Å². The Labute approximate surface area is 143 Å². The molecule has 0 aliphatic carbocycles. The van der Waals surface area contributed by atoms with Crippen molar-refractivity contribution < 1.29 is 4.74 Å². The zero-order valence-electron chi connectivity index (χ0n) is 14.3. The molecule has 1 saturated heterocycles. The Bertz CT molecular complexity index is 639. The van der Waals surface area contributed by atoms with E-state index in [2.05, 4.69) is 39.1 Å². The predicted molar refractivity (Wildman–Crippen MR) is 95.3 cm³/mol. The number of aryl methyl sites for hydroxylation is 1. The molecule has 2 heterocycles. The van der Waals surface area contributed by atoms with Crippen molar-refractivity contribution in [1.29, 1.82) is 0 Å². The van der Waals surface area contributed by atoms with Crippen LogP contribution in [0.15, 0.2) is 36.5 Å². The number of ether oxygens (including phenoxy) is 1. The number of rotatable bonds is 6. The first-order chi connectivity index (χ1) is 11.7. The van der Waals surface area contributed by atoms with E-state index in [0.29, 0.717) is 18.3 Å². The first-order valence-corrected chi connectivity index (χ1v) is 8.62. The van der Waals surface area contributed by atoms with Crippen LogP contribution < -0.4 is 5.73 Å². The fourth-order valence-electron chi connectivity index (χ4n) is 3.10. The molecule has 0 atom stereocenters. The van der Waals surface area contributed by atoms with Gasteiger partial charge in [0.05, 0.1) is 6.61 Å². The van der Waals surface area contributed by atoms with E-state index in [0.717, 1.165) is 37.6 Å². The number of anilines is 1. The third-order valence-corrected chi connectivity index (χ3v) is 4.58. The number of piperidine rings is 1. The molecular weight excluding hydrogens is 300 g/mol. The van der Waals surface area contributed by atoms with Crippen LogP contribution in [0.2, 0.25) is 0 Å². The van der Waals surface area contributed by atoms with Crippen LogP contribution in [0.25, 0.3) is 0 Å². The van der Waals surface area contributed by atoms with Gasteiger partial charge in [-0.2, -0.15) is 0 Å². The summed E-state index contributed by atoms with van der Waals surface area (Å²) in [6, 6.07) is 10.4. The summed E-state index contributed by atoms with van der Waals surface area (Å²) in [4.78, 5) is 10.9. The van der Waals surface area contributed by atoms with Crippen LogP contribution in [0.1, 0.15) is 29.8 Å². The van der Waals surface area contributed by atoms with Crippen molar-refractivity contribution in [3.05, 3.63) is 53.5 Å². The third kappa shape index (κ3) is 4.76. The van der Waals surface area contributed by atoms with Crippen molar-refractivity contribution in [3.8, 4) is 0 Å². The second-order valence-corrected chi connectivity index (χ2v) is 6.55. The van der Waals surface area contributed by atoms with E-state index in [4.69, 9.17) is 10.5 Å². The molecule has 5 heteroatoms. The number of nitrogen functional groups attached to an aromatic ring is 1. The molecule has 0 saturated carbocycles. The lowest BCUT2D eigenvalue weighted by Crippen LogP contribution is -2.35. The molecule has 1 aromatic heterocycles. The second kappa shape index (κ2) is 8.22. The highest BCUT2D eigenvalue weighted by atomic mass is 16.5. The molecule has 1 aliphatic rings.